The van der Waals surface area contributed by atoms with E-state index in [-0.39, 0.29) is 6.17 Å². The zero-order valence-electron chi connectivity index (χ0n) is 25.6. The Labute approximate surface area is 241 Å². The van der Waals surface area contributed by atoms with Crippen molar-refractivity contribution in [3.05, 3.63) is 101 Å². The van der Waals surface area contributed by atoms with Crippen LogP contribution in [0.25, 0.3) is 11.1 Å². The highest BCUT2D eigenvalue weighted by atomic mass is 16.5. The van der Waals surface area contributed by atoms with Gasteiger partial charge < -0.3 is 14.5 Å². The fourth-order valence-corrected chi connectivity index (χ4v) is 6.23. The minimum absolute atomic E-state index is 0.0934. The fourth-order valence-electron chi connectivity index (χ4n) is 6.23. The number of fused-ring (bicyclic) bond motifs is 1. The van der Waals surface area contributed by atoms with Crippen LogP contribution in [0.3, 0.4) is 0 Å². The first-order chi connectivity index (χ1) is 19.1. The summed E-state index contributed by atoms with van der Waals surface area (Å²) in [6.45, 7) is 18.3. The summed E-state index contributed by atoms with van der Waals surface area (Å²) in [4.78, 5) is 4.92. The van der Waals surface area contributed by atoms with Gasteiger partial charge in [0.15, 0.2) is 0 Å². The molecule has 0 N–H and O–H groups in total. The average molecular weight is 533 g/mol. The van der Waals surface area contributed by atoms with Crippen molar-refractivity contribution in [2.45, 2.75) is 79.3 Å². The lowest BCUT2D eigenvalue weighted by Gasteiger charge is -2.32. The van der Waals surface area contributed by atoms with Crippen LogP contribution in [0.15, 0.2) is 78.9 Å². The van der Waals surface area contributed by atoms with E-state index in [1.165, 1.54) is 50.6 Å². The molecule has 0 bridgehead atoms. The Kier molecular flexibility index (Phi) is 7.68. The molecule has 0 radical (unpaired) electrons. The van der Waals surface area contributed by atoms with Gasteiger partial charge in [0, 0.05) is 11.3 Å². The molecule has 0 saturated carbocycles. The van der Waals surface area contributed by atoms with Gasteiger partial charge in [-0.2, -0.15) is 0 Å². The third kappa shape index (κ3) is 4.76. The first-order valence-corrected chi connectivity index (χ1v) is 14.7. The number of ether oxygens (including phenoxy) is 1. The highest BCUT2D eigenvalue weighted by Crippen LogP contribution is 2.51. The SMILES string of the molecule is COc1cc(-c2c(C(C)C)cc(C(C)C)cc2C(C)C)cc(N2c3ccccc3N(c3ccccc3)[C@H]2C)c1C. The molecule has 1 aliphatic heterocycles. The molecule has 0 aliphatic carbocycles. The molecule has 1 heterocycles. The first kappa shape index (κ1) is 27.8. The molecule has 3 nitrogen and oxygen atoms in total. The van der Waals surface area contributed by atoms with Crippen molar-refractivity contribution in [3.8, 4) is 16.9 Å². The number of hydrogen-bond donors (Lipinski definition) is 0. The molecule has 208 valence electrons. The fraction of sp³-hybridized carbons (Fsp3) is 0.351. The molecule has 1 atom stereocenters. The van der Waals surface area contributed by atoms with Gasteiger partial charge >= 0.3 is 0 Å². The molecule has 0 saturated heterocycles. The van der Waals surface area contributed by atoms with Gasteiger partial charge in [0.05, 0.1) is 24.2 Å². The van der Waals surface area contributed by atoms with Crippen molar-refractivity contribution in [2.24, 2.45) is 0 Å². The summed E-state index contributed by atoms with van der Waals surface area (Å²) in [6.07, 6.45) is 0.0934. The lowest BCUT2D eigenvalue weighted by Crippen LogP contribution is -2.35. The molecule has 0 amide bonds. The van der Waals surface area contributed by atoms with E-state index in [1.54, 1.807) is 7.11 Å². The Bertz CT molecular complexity index is 1470. The Balaban J connectivity index is 1.76. The molecular formula is C37H44N2O. The second kappa shape index (κ2) is 11.0. The smallest absolute Gasteiger partial charge is 0.124 e. The molecule has 40 heavy (non-hydrogen) atoms. The van der Waals surface area contributed by atoms with Gasteiger partial charge in [-0.1, -0.05) is 84.0 Å². The van der Waals surface area contributed by atoms with Crippen LogP contribution in [0, 0.1) is 6.92 Å². The molecule has 4 aromatic rings. The molecule has 0 spiro atoms. The topological polar surface area (TPSA) is 15.7 Å². The van der Waals surface area contributed by atoms with Gasteiger partial charge in [0.25, 0.3) is 0 Å². The predicted molar refractivity (Wildman–Crippen MR) is 172 cm³/mol. The lowest BCUT2D eigenvalue weighted by molar-refractivity contribution is 0.412. The van der Waals surface area contributed by atoms with Crippen molar-refractivity contribution in [1.82, 2.24) is 0 Å². The van der Waals surface area contributed by atoms with Crippen molar-refractivity contribution in [2.75, 3.05) is 16.9 Å². The summed E-state index contributed by atoms with van der Waals surface area (Å²) < 4.78 is 6.06. The molecule has 0 aromatic heterocycles. The van der Waals surface area contributed by atoms with Gasteiger partial charge in [-0.3, -0.25) is 0 Å². The molecule has 1 aliphatic rings. The van der Waals surface area contributed by atoms with E-state index in [1.807, 2.05) is 0 Å². The lowest BCUT2D eigenvalue weighted by atomic mass is 9.81. The van der Waals surface area contributed by atoms with E-state index >= 15 is 0 Å². The normalized spacial score (nSPS) is 14.9. The van der Waals surface area contributed by atoms with E-state index in [0.717, 1.165) is 11.3 Å². The van der Waals surface area contributed by atoms with Crippen LogP contribution in [0.2, 0.25) is 0 Å². The molecule has 0 fully saturated rings. The standard InChI is InChI=1S/C37H44N2O/c1-23(2)28-19-31(24(3)4)37(32(20-28)25(5)6)29-21-35(26(7)36(22-29)40-9)39-27(8)38(30-15-11-10-12-16-30)33-17-13-14-18-34(33)39/h10-25,27H,1-9H3/t27-/m1/s1. The third-order valence-electron chi connectivity index (χ3n) is 8.42. The van der Waals surface area contributed by atoms with Gasteiger partial charge in [0.1, 0.15) is 11.9 Å². The minimum atomic E-state index is 0.0934. The zero-order chi connectivity index (χ0) is 28.7. The number of rotatable bonds is 7. The molecular weight excluding hydrogens is 488 g/mol. The van der Waals surface area contributed by atoms with E-state index in [2.05, 4.69) is 144 Å². The number of benzene rings is 4. The molecule has 5 rings (SSSR count). The second-order valence-electron chi connectivity index (χ2n) is 12.1. The van der Waals surface area contributed by atoms with Gasteiger partial charge in [-0.25, -0.2) is 0 Å². The van der Waals surface area contributed by atoms with Crippen LogP contribution >= 0.6 is 0 Å². The highest BCUT2D eigenvalue weighted by Gasteiger charge is 2.36. The minimum Gasteiger partial charge on any atom is -0.496 e. The summed E-state index contributed by atoms with van der Waals surface area (Å²) in [5.41, 5.74) is 12.8. The molecule has 3 heteroatoms. The van der Waals surface area contributed by atoms with E-state index in [0.29, 0.717) is 17.8 Å². The number of nitrogens with zero attached hydrogens (tertiary/aromatic N) is 2. The maximum absolute atomic E-state index is 6.06. The molecule has 0 unspecified atom stereocenters. The first-order valence-electron chi connectivity index (χ1n) is 14.7. The summed E-state index contributed by atoms with van der Waals surface area (Å²) in [5.74, 6) is 2.22. The Morgan fingerprint density at radius 3 is 1.73 bits per heavy atom. The van der Waals surface area contributed by atoms with Crippen molar-refractivity contribution in [1.29, 1.82) is 0 Å². The van der Waals surface area contributed by atoms with Gasteiger partial charge in [-0.15, -0.1) is 0 Å². The van der Waals surface area contributed by atoms with Crippen LogP contribution in [0.4, 0.5) is 22.7 Å². The number of para-hydroxylation sites is 3. The van der Waals surface area contributed by atoms with E-state index < -0.39 is 0 Å². The summed E-state index contributed by atoms with van der Waals surface area (Å²) >= 11 is 0. The van der Waals surface area contributed by atoms with Crippen molar-refractivity contribution in [3.63, 3.8) is 0 Å². The Morgan fingerprint density at radius 1 is 0.650 bits per heavy atom. The average Bonchev–Trinajstić information content (AvgIpc) is 3.24. The van der Waals surface area contributed by atoms with E-state index in [9.17, 15) is 0 Å². The molecule has 4 aromatic carbocycles. The maximum Gasteiger partial charge on any atom is 0.124 e. The van der Waals surface area contributed by atoms with E-state index in [4.69, 9.17) is 4.74 Å². The Morgan fingerprint density at radius 2 is 1.20 bits per heavy atom. The number of methoxy groups -OCH3 is 1. The largest absolute Gasteiger partial charge is 0.496 e. The van der Waals surface area contributed by atoms with Crippen LogP contribution in [0.1, 0.15) is 88.5 Å². The van der Waals surface area contributed by atoms with Gasteiger partial charge in [-0.05, 0) is 95.8 Å². The highest BCUT2D eigenvalue weighted by molar-refractivity contribution is 5.91. The Hall–Kier alpha value is -3.72. The summed E-state index contributed by atoms with van der Waals surface area (Å²) in [7, 11) is 1.79. The summed E-state index contributed by atoms with van der Waals surface area (Å²) in [6, 6.07) is 29.0. The van der Waals surface area contributed by atoms with Crippen LogP contribution < -0.4 is 14.5 Å². The number of anilines is 4. The maximum atomic E-state index is 6.06. The number of hydrogen-bond acceptors (Lipinski definition) is 3. The van der Waals surface area contributed by atoms with Gasteiger partial charge in [0.2, 0.25) is 0 Å². The predicted octanol–water partition coefficient (Wildman–Crippen LogP) is 10.7. The third-order valence-corrected chi connectivity index (χ3v) is 8.42. The van der Waals surface area contributed by atoms with Crippen LogP contribution in [-0.4, -0.2) is 13.3 Å². The second-order valence-corrected chi connectivity index (χ2v) is 12.1. The van der Waals surface area contributed by atoms with Crippen LogP contribution in [0.5, 0.6) is 5.75 Å². The van der Waals surface area contributed by atoms with Crippen LogP contribution in [-0.2, 0) is 0 Å². The zero-order valence-corrected chi connectivity index (χ0v) is 25.6. The van der Waals surface area contributed by atoms with Crippen molar-refractivity contribution >= 4 is 22.7 Å². The quantitative estimate of drug-likeness (QED) is 0.235. The van der Waals surface area contributed by atoms with Crippen molar-refractivity contribution < 1.29 is 4.74 Å². The monoisotopic (exact) mass is 532 g/mol. The summed E-state index contributed by atoms with van der Waals surface area (Å²) in [5, 5.41) is 0.